The van der Waals surface area contributed by atoms with Gasteiger partial charge in [0.1, 0.15) is 0 Å². The lowest BCUT2D eigenvalue weighted by molar-refractivity contribution is 0.525. The number of hydrogen-bond donors (Lipinski definition) is 1. The summed E-state index contributed by atoms with van der Waals surface area (Å²) in [4.78, 5) is 0. The Morgan fingerprint density at radius 3 is 1.38 bits per heavy atom. The Bertz CT molecular complexity index is 84.7. The number of halogens is 1. The lowest BCUT2D eigenvalue weighted by Crippen LogP contribution is -2.22. The summed E-state index contributed by atoms with van der Waals surface area (Å²) in [5.41, 5.74) is 6.31. The maximum absolute atomic E-state index is 5.74. The van der Waals surface area contributed by atoms with E-state index in [1.54, 1.807) is 0 Å². The molecule has 0 radical (unpaired) electrons. The summed E-state index contributed by atoms with van der Waals surface area (Å²) in [6, 6.07) is 0. The first kappa shape index (κ1) is 8.25. The first-order valence-corrected chi connectivity index (χ1v) is 2.75. The maximum atomic E-state index is 5.74. The Labute approximate surface area is 57.1 Å². The van der Waals surface area contributed by atoms with Crippen molar-refractivity contribution >= 4 is 12.4 Å². The topological polar surface area (TPSA) is 26.0 Å². The van der Waals surface area contributed by atoms with E-state index in [4.69, 9.17) is 5.73 Å². The Morgan fingerprint density at radius 2 is 1.38 bits per heavy atom. The van der Waals surface area contributed by atoms with Crippen LogP contribution in [0.3, 0.4) is 0 Å². The monoisotopic (exact) mass is 135 g/mol. The van der Waals surface area contributed by atoms with Crippen molar-refractivity contribution in [3.8, 4) is 0 Å². The molecule has 0 aromatic carbocycles. The SMILES string of the molecule is CC1(C)CC1(C)N.Cl. The fourth-order valence-corrected chi connectivity index (χ4v) is 0.874. The number of rotatable bonds is 0. The van der Waals surface area contributed by atoms with E-state index >= 15 is 0 Å². The molecule has 8 heavy (non-hydrogen) atoms. The van der Waals surface area contributed by atoms with Crippen molar-refractivity contribution in [3.05, 3.63) is 0 Å². The largest absolute Gasteiger partial charge is 0.325 e. The van der Waals surface area contributed by atoms with Crippen LogP contribution in [0.1, 0.15) is 27.2 Å². The van der Waals surface area contributed by atoms with Crippen molar-refractivity contribution in [1.82, 2.24) is 0 Å². The highest BCUT2D eigenvalue weighted by Gasteiger charge is 2.54. The van der Waals surface area contributed by atoms with E-state index in [2.05, 4.69) is 20.8 Å². The Hall–Kier alpha value is 0.250. The highest BCUT2D eigenvalue weighted by Crippen LogP contribution is 2.52. The molecule has 0 aromatic heterocycles. The van der Waals surface area contributed by atoms with Crippen LogP contribution in [0.4, 0.5) is 0 Å². The van der Waals surface area contributed by atoms with E-state index in [-0.39, 0.29) is 17.9 Å². The van der Waals surface area contributed by atoms with Crippen LogP contribution in [-0.4, -0.2) is 5.54 Å². The molecule has 1 unspecified atom stereocenters. The second kappa shape index (κ2) is 1.61. The molecule has 1 aliphatic rings. The highest BCUT2D eigenvalue weighted by atomic mass is 35.5. The summed E-state index contributed by atoms with van der Waals surface area (Å²) >= 11 is 0. The lowest BCUT2D eigenvalue weighted by atomic mass is 10.1. The molecule has 0 aliphatic heterocycles. The van der Waals surface area contributed by atoms with Gasteiger partial charge in [0.05, 0.1) is 0 Å². The molecule has 0 heterocycles. The predicted molar refractivity (Wildman–Crippen MR) is 38.2 cm³/mol. The van der Waals surface area contributed by atoms with Crippen molar-refractivity contribution in [2.45, 2.75) is 32.7 Å². The average molecular weight is 136 g/mol. The van der Waals surface area contributed by atoms with Crippen LogP contribution in [0.15, 0.2) is 0 Å². The van der Waals surface area contributed by atoms with Gasteiger partial charge in [0, 0.05) is 5.54 Å². The van der Waals surface area contributed by atoms with Crippen LogP contribution in [0.5, 0.6) is 0 Å². The third-order valence-electron chi connectivity index (χ3n) is 2.23. The van der Waals surface area contributed by atoms with Crippen molar-refractivity contribution in [2.75, 3.05) is 0 Å². The molecule has 1 atom stereocenters. The van der Waals surface area contributed by atoms with E-state index in [0.717, 1.165) is 0 Å². The van der Waals surface area contributed by atoms with Gasteiger partial charge in [-0.3, -0.25) is 0 Å². The molecule has 0 spiro atoms. The minimum atomic E-state index is 0. The van der Waals surface area contributed by atoms with Gasteiger partial charge in [0.2, 0.25) is 0 Å². The van der Waals surface area contributed by atoms with Crippen LogP contribution in [-0.2, 0) is 0 Å². The first-order chi connectivity index (χ1) is 2.96. The third-order valence-corrected chi connectivity index (χ3v) is 2.23. The molecule has 0 aromatic rings. The Morgan fingerprint density at radius 1 is 1.25 bits per heavy atom. The maximum Gasteiger partial charge on any atom is 0.0183 e. The van der Waals surface area contributed by atoms with Crippen LogP contribution in [0, 0.1) is 5.41 Å². The zero-order valence-electron chi connectivity index (χ0n) is 5.69. The average Bonchev–Trinajstić information content (AvgIpc) is 1.63. The van der Waals surface area contributed by atoms with Crippen LogP contribution < -0.4 is 5.73 Å². The van der Waals surface area contributed by atoms with Gasteiger partial charge in [-0.1, -0.05) is 13.8 Å². The van der Waals surface area contributed by atoms with E-state index in [1.165, 1.54) is 6.42 Å². The zero-order valence-corrected chi connectivity index (χ0v) is 6.51. The van der Waals surface area contributed by atoms with Gasteiger partial charge >= 0.3 is 0 Å². The summed E-state index contributed by atoms with van der Waals surface area (Å²) in [6.07, 6.45) is 1.18. The fourth-order valence-electron chi connectivity index (χ4n) is 0.874. The molecule has 1 aliphatic carbocycles. The lowest BCUT2D eigenvalue weighted by Gasteiger charge is -2.04. The van der Waals surface area contributed by atoms with E-state index in [9.17, 15) is 0 Å². The summed E-state index contributed by atoms with van der Waals surface area (Å²) in [5, 5.41) is 0. The second-order valence-corrected chi connectivity index (χ2v) is 3.48. The Kier molecular flexibility index (Phi) is 1.66. The molecule has 2 N–H and O–H groups in total. The minimum absolute atomic E-state index is 0. The van der Waals surface area contributed by atoms with Gasteiger partial charge in [-0.15, -0.1) is 12.4 Å². The summed E-state index contributed by atoms with van der Waals surface area (Å²) in [5.74, 6) is 0. The van der Waals surface area contributed by atoms with Gasteiger partial charge in [0.15, 0.2) is 0 Å². The van der Waals surface area contributed by atoms with Crippen molar-refractivity contribution < 1.29 is 0 Å². The molecule has 50 valence electrons. The first-order valence-electron chi connectivity index (χ1n) is 2.75. The van der Waals surface area contributed by atoms with Gasteiger partial charge in [-0.25, -0.2) is 0 Å². The normalized spacial score (nSPS) is 40.5. The minimum Gasteiger partial charge on any atom is -0.325 e. The molecule has 0 saturated heterocycles. The molecule has 0 bridgehead atoms. The predicted octanol–water partition coefficient (Wildman–Crippen LogP) is 1.56. The van der Waals surface area contributed by atoms with Crippen LogP contribution in [0.25, 0.3) is 0 Å². The van der Waals surface area contributed by atoms with Gasteiger partial charge in [0.25, 0.3) is 0 Å². The van der Waals surface area contributed by atoms with Gasteiger partial charge in [-0.2, -0.15) is 0 Å². The smallest absolute Gasteiger partial charge is 0.0183 e. The van der Waals surface area contributed by atoms with E-state index in [0.29, 0.717) is 5.41 Å². The summed E-state index contributed by atoms with van der Waals surface area (Å²) in [6.45, 7) is 6.51. The van der Waals surface area contributed by atoms with E-state index in [1.807, 2.05) is 0 Å². The Balaban J connectivity index is 0.000000490. The van der Waals surface area contributed by atoms with Gasteiger partial charge in [-0.05, 0) is 18.8 Å². The van der Waals surface area contributed by atoms with Crippen LogP contribution in [0.2, 0.25) is 0 Å². The fraction of sp³-hybridized carbons (Fsp3) is 1.00. The molecule has 2 heteroatoms. The van der Waals surface area contributed by atoms with Crippen molar-refractivity contribution in [1.29, 1.82) is 0 Å². The second-order valence-electron chi connectivity index (χ2n) is 3.48. The molecule has 1 nitrogen and oxygen atoms in total. The molecular weight excluding hydrogens is 122 g/mol. The molecule has 1 fully saturated rings. The molecule has 1 saturated carbocycles. The van der Waals surface area contributed by atoms with Crippen molar-refractivity contribution in [3.63, 3.8) is 0 Å². The summed E-state index contributed by atoms with van der Waals surface area (Å²) in [7, 11) is 0. The quantitative estimate of drug-likeness (QED) is 0.536. The van der Waals surface area contributed by atoms with E-state index < -0.39 is 0 Å². The van der Waals surface area contributed by atoms with Gasteiger partial charge < -0.3 is 5.73 Å². The summed E-state index contributed by atoms with van der Waals surface area (Å²) < 4.78 is 0. The zero-order chi connectivity index (χ0) is 5.71. The molecule has 1 rings (SSSR count). The third kappa shape index (κ3) is 0.981. The number of nitrogens with two attached hydrogens (primary N) is 1. The highest BCUT2D eigenvalue weighted by molar-refractivity contribution is 5.85. The molecule has 0 amide bonds. The van der Waals surface area contributed by atoms with Crippen molar-refractivity contribution in [2.24, 2.45) is 11.1 Å². The number of hydrogen-bond acceptors (Lipinski definition) is 1. The molecular formula is C6H14ClN. The standard InChI is InChI=1S/C6H13N.ClH/c1-5(2)4-6(5,3)7;/h4,7H2,1-3H3;1H. The van der Waals surface area contributed by atoms with Crippen LogP contribution >= 0.6 is 12.4 Å².